The van der Waals surface area contributed by atoms with Crippen LogP contribution in [0.25, 0.3) is 0 Å². The number of hydrogen-bond acceptors (Lipinski definition) is 1. The van der Waals surface area contributed by atoms with Gasteiger partial charge < -0.3 is 0 Å². The van der Waals surface area contributed by atoms with E-state index in [-0.39, 0.29) is 0 Å². The van der Waals surface area contributed by atoms with Gasteiger partial charge in [0.15, 0.2) is 0 Å². The van der Waals surface area contributed by atoms with Crippen molar-refractivity contribution in [2.75, 3.05) is 6.67 Å². The summed E-state index contributed by atoms with van der Waals surface area (Å²) in [6.07, 6.45) is 2.61. The van der Waals surface area contributed by atoms with Crippen molar-refractivity contribution in [1.29, 1.82) is 0 Å². The lowest BCUT2D eigenvalue weighted by molar-refractivity contribution is 0.580. The van der Waals surface area contributed by atoms with E-state index in [1.165, 1.54) is 12.5 Å². The first-order valence-electron chi connectivity index (χ1n) is 2.53. The molecule has 0 amide bonds. The van der Waals surface area contributed by atoms with Crippen molar-refractivity contribution >= 4 is 12.1 Å². The Labute approximate surface area is 53.8 Å². The molecular formula is C6H9FN2. The zero-order chi connectivity index (χ0) is 7.11. The van der Waals surface area contributed by atoms with Gasteiger partial charge in [-0.05, 0) is 6.92 Å². The van der Waals surface area contributed by atoms with Crippen LogP contribution in [-0.4, -0.2) is 18.7 Å². The minimum absolute atomic E-state index is 0.417. The van der Waals surface area contributed by atoms with Crippen LogP contribution in [-0.2, 0) is 0 Å². The zero-order valence-electron chi connectivity index (χ0n) is 5.34. The largest absolute Gasteiger partial charge is 0.246 e. The molecule has 0 aromatic carbocycles. The van der Waals surface area contributed by atoms with Gasteiger partial charge in [-0.3, -0.25) is 0 Å². The first-order chi connectivity index (χ1) is 4.31. The van der Waals surface area contributed by atoms with Gasteiger partial charge in [-0.2, -0.15) is 0 Å². The van der Waals surface area contributed by atoms with Crippen molar-refractivity contribution in [2.24, 2.45) is 9.98 Å². The summed E-state index contributed by atoms with van der Waals surface area (Å²) < 4.78 is 11.6. The van der Waals surface area contributed by atoms with Gasteiger partial charge in [0.1, 0.15) is 13.0 Å². The van der Waals surface area contributed by atoms with Crippen LogP contribution in [0, 0.1) is 0 Å². The van der Waals surface area contributed by atoms with Gasteiger partial charge in [-0.15, -0.1) is 0 Å². The van der Waals surface area contributed by atoms with E-state index in [1.807, 2.05) is 0 Å². The summed E-state index contributed by atoms with van der Waals surface area (Å²) in [6.45, 7) is 4.39. The summed E-state index contributed by atoms with van der Waals surface area (Å²) in [7, 11) is 0. The average Bonchev–Trinajstić information content (AvgIpc) is 1.89. The predicted molar refractivity (Wildman–Crippen MR) is 37.8 cm³/mol. The van der Waals surface area contributed by atoms with Gasteiger partial charge in [0.25, 0.3) is 0 Å². The summed E-state index contributed by atoms with van der Waals surface area (Å²) in [6, 6.07) is 0. The Hall–Kier alpha value is -0.990. The third kappa shape index (κ3) is 4.87. The van der Waals surface area contributed by atoms with Crippen LogP contribution < -0.4 is 0 Å². The Morgan fingerprint density at radius 2 is 2.44 bits per heavy atom. The number of rotatable bonds is 3. The molecule has 0 aromatic heterocycles. The van der Waals surface area contributed by atoms with Crippen LogP contribution in [0.15, 0.2) is 22.8 Å². The summed E-state index contributed by atoms with van der Waals surface area (Å²) in [4.78, 5) is 7.16. The molecule has 0 heterocycles. The highest BCUT2D eigenvalue weighted by Crippen LogP contribution is 1.76. The standard InChI is InChI=1S/C6H9FN2/c1-3-8-5-9-6(2)4-7/h3,5H,1,4H2,2H3. The van der Waals surface area contributed by atoms with E-state index >= 15 is 0 Å². The maximum absolute atomic E-state index is 11.6. The van der Waals surface area contributed by atoms with E-state index in [9.17, 15) is 4.39 Å². The number of hydrogen-bond donors (Lipinski definition) is 0. The fourth-order valence-corrected chi connectivity index (χ4v) is 0.214. The molecule has 0 N–H and O–H groups in total. The molecule has 2 nitrogen and oxygen atoms in total. The fourth-order valence-electron chi connectivity index (χ4n) is 0.214. The van der Waals surface area contributed by atoms with Crippen LogP contribution in [0.1, 0.15) is 6.92 Å². The Kier molecular flexibility index (Phi) is 4.59. The lowest BCUT2D eigenvalue weighted by Crippen LogP contribution is -1.91. The van der Waals surface area contributed by atoms with Crippen LogP contribution in [0.2, 0.25) is 0 Å². The zero-order valence-corrected chi connectivity index (χ0v) is 5.34. The molecule has 0 aliphatic rings. The van der Waals surface area contributed by atoms with Gasteiger partial charge in [-0.25, -0.2) is 14.4 Å². The molecule has 0 spiro atoms. The SMILES string of the molecule is C=CN=CN=C(C)CF. The number of aliphatic imine (C=N–C) groups is 2. The fraction of sp³-hybridized carbons (Fsp3) is 0.333. The second-order valence-electron chi connectivity index (χ2n) is 1.45. The Bertz CT molecular complexity index is 138. The van der Waals surface area contributed by atoms with Crippen LogP contribution in [0.3, 0.4) is 0 Å². The average molecular weight is 128 g/mol. The van der Waals surface area contributed by atoms with Crippen molar-refractivity contribution < 1.29 is 4.39 Å². The minimum atomic E-state index is -0.525. The molecule has 0 aliphatic heterocycles. The molecule has 0 rings (SSSR count). The molecule has 50 valence electrons. The highest BCUT2D eigenvalue weighted by molar-refractivity contribution is 5.89. The van der Waals surface area contributed by atoms with Gasteiger partial charge in [0.2, 0.25) is 0 Å². The number of halogens is 1. The van der Waals surface area contributed by atoms with E-state index in [4.69, 9.17) is 0 Å². The Morgan fingerprint density at radius 1 is 1.78 bits per heavy atom. The summed E-state index contributed by atoms with van der Waals surface area (Å²) in [5.74, 6) is 0. The lowest BCUT2D eigenvalue weighted by atomic mass is 10.5. The van der Waals surface area contributed by atoms with Gasteiger partial charge >= 0.3 is 0 Å². The molecule has 0 aliphatic carbocycles. The van der Waals surface area contributed by atoms with Crippen LogP contribution in [0.5, 0.6) is 0 Å². The summed E-state index contributed by atoms with van der Waals surface area (Å²) in [5.41, 5.74) is 0.417. The predicted octanol–water partition coefficient (Wildman–Crippen LogP) is 1.59. The normalized spacial score (nSPS) is 12.4. The van der Waals surface area contributed by atoms with Gasteiger partial charge in [0.05, 0.1) is 0 Å². The van der Waals surface area contributed by atoms with Crippen molar-refractivity contribution in [1.82, 2.24) is 0 Å². The highest BCUT2D eigenvalue weighted by atomic mass is 19.1. The van der Waals surface area contributed by atoms with Crippen LogP contribution in [0.4, 0.5) is 4.39 Å². The van der Waals surface area contributed by atoms with Gasteiger partial charge in [-0.1, -0.05) is 6.58 Å². The van der Waals surface area contributed by atoms with E-state index < -0.39 is 6.67 Å². The maximum atomic E-state index is 11.6. The lowest BCUT2D eigenvalue weighted by Gasteiger charge is -1.83. The maximum Gasteiger partial charge on any atom is 0.127 e. The van der Waals surface area contributed by atoms with E-state index in [1.54, 1.807) is 6.92 Å². The second kappa shape index (κ2) is 5.15. The Balaban J connectivity index is 3.67. The van der Waals surface area contributed by atoms with E-state index in [2.05, 4.69) is 16.6 Å². The number of alkyl halides is 1. The summed E-state index contributed by atoms with van der Waals surface area (Å²) in [5, 5.41) is 0. The first-order valence-corrected chi connectivity index (χ1v) is 2.53. The molecule has 0 aromatic rings. The third-order valence-corrected chi connectivity index (χ3v) is 0.644. The molecule has 0 bridgehead atoms. The highest BCUT2D eigenvalue weighted by Gasteiger charge is 1.81. The molecule has 0 radical (unpaired) electrons. The van der Waals surface area contributed by atoms with Gasteiger partial charge in [0, 0.05) is 11.9 Å². The molecule has 0 atom stereocenters. The monoisotopic (exact) mass is 128 g/mol. The van der Waals surface area contributed by atoms with E-state index in [0.717, 1.165) is 0 Å². The first kappa shape index (κ1) is 8.01. The number of nitrogens with zero attached hydrogens (tertiary/aromatic N) is 2. The smallest absolute Gasteiger partial charge is 0.127 e. The molecule has 3 heteroatoms. The van der Waals surface area contributed by atoms with Crippen molar-refractivity contribution in [3.05, 3.63) is 12.8 Å². The topological polar surface area (TPSA) is 24.7 Å². The van der Waals surface area contributed by atoms with Crippen molar-refractivity contribution in [2.45, 2.75) is 6.92 Å². The molecule has 0 fully saturated rings. The molecular weight excluding hydrogens is 119 g/mol. The van der Waals surface area contributed by atoms with E-state index in [0.29, 0.717) is 5.71 Å². The Morgan fingerprint density at radius 3 is 2.89 bits per heavy atom. The molecule has 9 heavy (non-hydrogen) atoms. The minimum Gasteiger partial charge on any atom is -0.246 e. The molecule has 0 unspecified atom stereocenters. The quantitative estimate of drug-likeness (QED) is 0.407. The molecule has 0 saturated heterocycles. The second-order valence-corrected chi connectivity index (χ2v) is 1.45. The molecule has 0 saturated carbocycles. The van der Waals surface area contributed by atoms with Crippen LogP contribution >= 0.6 is 0 Å². The third-order valence-electron chi connectivity index (χ3n) is 0.644. The van der Waals surface area contributed by atoms with Crippen molar-refractivity contribution in [3.63, 3.8) is 0 Å². The summed E-state index contributed by atoms with van der Waals surface area (Å²) >= 11 is 0. The van der Waals surface area contributed by atoms with Crippen molar-refractivity contribution in [3.8, 4) is 0 Å².